The van der Waals surface area contributed by atoms with Crippen LogP contribution in [-0.2, 0) is 11.3 Å². The Balaban J connectivity index is 2.13. The van der Waals surface area contributed by atoms with Crippen molar-refractivity contribution in [2.75, 3.05) is 6.54 Å². The minimum absolute atomic E-state index is 0.141. The third-order valence-corrected chi connectivity index (χ3v) is 4.07. The van der Waals surface area contributed by atoms with Crippen LogP contribution in [0.3, 0.4) is 0 Å². The number of rotatable bonds is 3. The zero-order valence-corrected chi connectivity index (χ0v) is 11.7. The van der Waals surface area contributed by atoms with Gasteiger partial charge in [0.1, 0.15) is 11.9 Å². The zero-order chi connectivity index (χ0) is 13.3. The van der Waals surface area contributed by atoms with Gasteiger partial charge in [-0.25, -0.2) is 4.39 Å². The number of carbonyl (C=O) groups is 1. The van der Waals surface area contributed by atoms with E-state index in [0.29, 0.717) is 11.0 Å². The number of likely N-dealkylation sites (tertiary alicyclic amines) is 1. The van der Waals surface area contributed by atoms with Gasteiger partial charge in [-0.2, -0.15) is 0 Å². The van der Waals surface area contributed by atoms with Crippen molar-refractivity contribution in [3.8, 4) is 0 Å². The molecule has 1 aliphatic heterocycles. The molecule has 1 N–H and O–H groups in total. The van der Waals surface area contributed by atoms with Gasteiger partial charge in [0.25, 0.3) is 0 Å². The van der Waals surface area contributed by atoms with Crippen molar-refractivity contribution < 1.29 is 14.3 Å². The van der Waals surface area contributed by atoms with Crippen LogP contribution in [0.2, 0.25) is 0 Å². The van der Waals surface area contributed by atoms with E-state index in [9.17, 15) is 14.3 Å². The fourth-order valence-electron chi connectivity index (χ4n) is 2.48. The van der Waals surface area contributed by atoms with Crippen LogP contribution in [0, 0.1) is 11.7 Å². The van der Waals surface area contributed by atoms with Crippen molar-refractivity contribution in [1.82, 2.24) is 4.90 Å². The van der Waals surface area contributed by atoms with Crippen molar-refractivity contribution in [1.29, 1.82) is 0 Å². The van der Waals surface area contributed by atoms with Crippen LogP contribution in [0.1, 0.15) is 18.9 Å². The molecule has 18 heavy (non-hydrogen) atoms. The van der Waals surface area contributed by atoms with Gasteiger partial charge in [-0.1, -0.05) is 13.0 Å². The first-order valence-electron chi connectivity index (χ1n) is 5.90. The summed E-state index contributed by atoms with van der Waals surface area (Å²) in [6.45, 7) is 3.17. The fraction of sp³-hybridized carbons (Fsp3) is 0.462. The van der Waals surface area contributed by atoms with Crippen molar-refractivity contribution >= 4 is 21.9 Å². The number of benzene rings is 1. The summed E-state index contributed by atoms with van der Waals surface area (Å²) in [6, 6.07) is 4.46. The van der Waals surface area contributed by atoms with Crippen molar-refractivity contribution in [2.24, 2.45) is 5.92 Å². The molecule has 2 rings (SSSR count). The predicted octanol–water partition coefficient (Wildman–Crippen LogP) is 2.88. The predicted molar refractivity (Wildman–Crippen MR) is 69.7 cm³/mol. The van der Waals surface area contributed by atoms with Crippen LogP contribution >= 0.6 is 15.9 Å². The molecule has 1 saturated heterocycles. The van der Waals surface area contributed by atoms with E-state index in [1.54, 1.807) is 6.07 Å². The molecule has 0 amide bonds. The SMILES string of the molecule is CC1CCN(Cc2ccc(Br)c(F)c2)C1C(=O)O. The molecule has 2 unspecified atom stereocenters. The molecule has 0 aliphatic carbocycles. The number of carboxylic acid groups (broad SMARTS) is 1. The highest BCUT2D eigenvalue weighted by molar-refractivity contribution is 9.10. The topological polar surface area (TPSA) is 40.5 Å². The van der Waals surface area contributed by atoms with E-state index in [1.807, 2.05) is 17.9 Å². The van der Waals surface area contributed by atoms with Gasteiger partial charge >= 0.3 is 5.97 Å². The lowest BCUT2D eigenvalue weighted by Gasteiger charge is -2.23. The van der Waals surface area contributed by atoms with Gasteiger partial charge < -0.3 is 5.11 Å². The van der Waals surface area contributed by atoms with Crippen LogP contribution in [0.5, 0.6) is 0 Å². The first kappa shape index (κ1) is 13.5. The van der Waals surface area contributed by atoms with Gasteiger partial charge in [-0.3, -0.25) is 9.69 Å². The van der Waals surface area contributed by atoms with Gasteiger partial charge in [0.05, 0.1) is 4.47 Å². The molecular formula is C13H15BrFNO2. The van der Waals surface area contributed by atoms with Crippen molar-refractivity contribution in [3.05, 3.63) is 34.1 Å². The molecule has 1 heterocycles. The number of halogens is 2. The van der Waals surface area contributed by atoms with Crippen LogP contribution in [0.25, 0.3) is 0 Å². The molecule has 5 heteroatoms. The summed E-state index contributed by atoms with van der Waals surface area (Å²) in [6.07, 6.45) is 0.871. The Morgan fingerprint density at radius 1 is 1.61 bits per heavy atom. The normalized spacial score (nSPS) is 24.4. The van der Waals surface area contributed by atoms with E-state index in [4.69, 9.17) is 0 Å². The number of carboxylic acids is 1. The van der Waals surface area contributed by atoms with Crippen LogP contribution in [-0.4, -0.2) is 28.6 Å². The quantitative estimate of drug-likeness (QED) is 0.932. The number of aliphatic carboxylic acids is 1. The molecule has 1 aromatic rings. The van der Waals surface area contributed by atoms with Crippen LogP contribution in [0.4, 0.5) is 4.39 Å². The third kappa shape index (κ3) is 2.72. The lowest BCUT2D eigenvalue weighted by Crippen LogP contribution is -2.38. The second-order valence-electron chi connectivity index (χ2n) is 4.77. The van der Waals surface area contributed by atoms with E-state index in [0.717, 1.165) is 18.5 Å². The number of nitrogens with zero attached hydrogens (tertiary/aromatic N) is 1. The Hall–Kier alpha value is -0.940. The van der Waals surface area contributed by atoms with E-state index in [-0.39, 0.29) is 11.7 Å². The summed E-state index contributed by atoms with van der Waals surface area (Å²) in [7, 11) is 0. The highest BCUT2D eigenvalue weighted by Gasteiger charge is 2.36. The lowest BCUT2D eigenvalue weighted by atomic mass is 10.0. The average molecular weight is 316 g/mol. The van der Waals surface area contributed by atoms with E-state index < -0.39 is 12.0 Å². The first-order chi connectivity index (χ1) is 8.49. The lowest BCUT2D eigenvalue weighted by molar-refractivity contribution is -0.143. The molecule has 0 saturated carbocycles. The van der Waals surface area contributed by atoms with Gasteiger partial charge in [0.2, 0.25) is 0 Å². The van der Waals surface area contributed by atoms with Crippen molar-refractivity contribution in [3.63, 3.8) is 0 Å². The molecule has 1 aliphatic rings. The molecule has 98 valence electrons. The molecular weight excluding hydrogens is 301 g/mol. The Bertz CT molecular complexity index is 466. The molecule has 3 nitrogen and oxygen atoms in total. The highest BCUT2D eigenvalue weighted by atomic mass is 79.9. The zero-order valence-electron chi connectivity index (χ0n) is 10.1. The van der Waals surface area contributed by atoms with E-state index in [1.165, 1.54) is 6.07 Å². The monoisotopic (exact) mass is 315 g/mol. The largest absolute Gasteiger partial charge is 0.480 e. The Morgan fingerprint density at radius 2 is 2.33 bits per heavy atom. The summed E-state index contributed by atoms with van der Waals surface area (Å²) in [4.78, 5) is 13.1. The van der Waals surface area contributed by atoms with Gasteiger partial charge in [-0.05, 0) is 52.5 Å². The van der Waals surface area contributed by atoms with Crippen LogP contribution < -0.4 is 0 Å². The number of hydrogen-bond acceptors (Lipinski definition) is 2. The van der Waals surface area contributed by atoms with Gasteiger partial charge in [-0.15, -0.1) is 0 Å². The smallest absolute Gasteiger partial charge is 0.321 e. The minimum Gasteiger partial charge on any atom is -0.480 e. The number of hydrogen-bond donors (Lipinski definition) is 1. The molecule has 0 aromatic heterocycles. The van der Waals surface area contributed by atoms with Gasteiger partial charge in [0.15, 0.2) is 0 Å². The maximum absolute atomic E-state index is 13.4. The summed E-state index contributed by atoms with van der Waals surface area (Å²) in [5.74, 6) is -0.966. The maximum atomic E-state index is 13.4. The van der Waals surface area contributed by atoms with Gasteiger partial charge in [0, 0.05) is 6.54 Å². The molecule has 0 radical (unpaired) electrons. The molecule has 0 spiro atoms. The minimum atomic E-state index is -0.794. The summed E-state index contributed by atoms with van der Waals surface area (Å²) < 4.78 is 13.8. The van der Waals surface area contributed by atoms with E-state index >= 15 is 0 Å². The molecule has 1 aromatic carbocycles. The fourth-order valence-corrected chi connectivity index (χ4v) is 2.72. The summed E-state index contributed by atoms with van der Waals surface area (Å²) in [5.41, 5.74) is 0.802. The van der Waals surface area contributed by atoms with Crippen LogP contribution in [0.15, 0.2) is 22.7 Å². The first-order valence-corrected chi connectivity index (χ1v) is 6.69. The Labute approximate surface area is 114 Å². The summed E-state index contributed by atoms with van der Waals surface area (Å²) >= 11 is 3.10. The Kier molecular flexibility index (Phi) is 4.02. The standard InChI is InChI=1S/C13H15BrFNO2/c1-8-4-5-16(12(8)13(17)18)7-9-2-3-10(14)11(15)6-9/h2-3,6,8,12H,4-5,7H2,1H3,(H,17,18). The second-order valence-corrected chi connectivity index (χ2v) is 5.62. The molecule has 0 bridgehead atoms. The van der Waals surface area contributed by atoms with Crippen molar-refractivity contribution in [2.45, 2.75) is 25.9 Å². The van der Waals surface area contributed by atoms with E-state index in [2.05, 4.69) is 15.9 Å². The third-order valence-electron chi connectivity index (χ3n) is 3.43. The summed E-state index contributed by atoms with van der Waals surface area (Å²) in [5, 5.41) is 9.21. The average Bonchev–Trinajstić information content (AvgIpc) is 2.65. The molecule has 2 atom stereocenters. The molecule has 1 fully saturated rings. The Morgan fingerprint density at radius 3 is 2.94 bits per heavy atom. The maximum Gasteiger partial charge on any atom is 0.321 e. The highest BCUT2D eigenvalue weighted by Crippen LogP contribution is 2.26. The second kappa shape index (κ2) is 5.36.